The minimum absolute atomic E-state index is 0.00375. The monoisotopic (exact) mass is 255 g/mol. The third-order valence-electron chi connectivity index (χ3n) is 3.36. The van der Waals surface area contributed by atoms with Gasteiger partial charge in [-0.1, -0.05) is 0 Å². The molecule has 6 nitrogen and oxygen atoms in total. The molecule has 0 aromatic carbocycles. The van der Waals surface area contributed by atoms with Gasteiger partial charge in [0.2, 0.25) is 0 Å². The van der Waals surface area contributed by atoms with Crippen LogP contribution >= 0.6 is 0 Å². The van der Waals surface area contributed by atoms with Crippen LogP contribution in [0, 0.1) is 11.3 Å². The fourth-order valence-corrected chi connectivity index (χ4v) is 2.21. The first kappa shape index (κ1) is 14.3. The number of hydrogen-bond acceptors (Lipinski definition) is 6. The third-order valence-corrected chi connectivity index (χ3v) is 3.36. The summed E-state index contributed by atoms with van der Waals surface area (Å²) in [5.74, 6) is -4.69. The van der Waals surface area contributed by atoms with Gasteiger partial charge in [-0.3, -0.25) is 14.4 Å². The topological polar surface area (TPSA) is 101 Å². The maximum atomic E-state index is 11.9. The van der Waals surface area contributed by atoms with Gasteiger partial charge in [0.15, 0.2) is 0 Å². The van der Waals surface area contributed by atoms with Gasteiger partial charge >= 0.3 is 5.97 Å². The molecule has 0 N–H and O–H groups in total. The zero-order valence-corrected chi connectivity index (χ0v) is 10.4. The third kappa shape index (κ3) is 2.42. The van der Waals surface area contributed by atoms with Crippen LogP contribution in [-0.4, -0.2) is 30.1 Å². The van der Waals surface area contributed by atoms with E-state index in [0.29, 0.717) is 0 Å². The van der Waals surface area contributed by atoms with Gasteiger partial charge in [0.25, 0.3) is 0 Å². The maximum absolute atomic E-state index is 11.9. The highest BCUT2D eigenvalue weighted by Crippen LogP contribution is 2.39. The van der Waals surface area contributed by atoms with Gasteiger partial charge in [-0.05, 0) is 26.7 Å². The molecule has 0 saturated heterocycles. The molecular weight excluding hydrogens is 240 g/mol. The molecule has 0 bridgehead atoms. The van der Waals surface area contributed by atoms with E-state index < -0.39 is 34.8 Å². The summed E-state index contributed by atoms with van der Waals surface area (Å²) in [4.78, 5) is 45.9. The summed E-state index contributed by atoms with van der Waals surface area (Å²) in [5, 5.41) is 10.9. The molecule has 0 aliphatic heterocycles. The SMILES string of the molecule is CCOC(=O)C1(C(C)=O)CCC(=O)C(C(=O)[O-])C1. The summed E-state index contributed by atoms with van der Waals surface area (Å²) in [6.45, 7) is 2.90. The highest BCUT2D eigenvalue weighted by atomic mass is 16.5. The van der Waals surface area contributed by atoms with Crippen molar-refractivity contribution >= 4 is 23.5 Å². The van der Waals surface area contributed by atoms with Crippen molar-refractivity contribution in [2.45, 2.75) is 33.1 Å². The number of esters is 1. The van der Waals surface area contributed by atoms with Gasteiger partial charge in [-0.2, -0.15) is 0 Å². The number of carboxylic acids is 1. The predicted molar refractivity (Wildman–Crippen MR) is 57.1 cm³/mol. The molecular formula is C12H15O6-. The summed E-state index contributed by atoms with van der Waals surface area (Å²) >= 11 is 0. The molecule has 0 amide bonds. The van der Waals surface area contributed by atoms with Crippen molar-refractivity contribution in [3.05, 3.63) is 0 Å². The number of Topliss-reactive ketones (excluding diaryl/α,β-unsaturated/α-hetero) is 2. The zero-order chi connectivity index (χ0) is 13.9. The fourth-order valence-electron chi connectivity index (χ4n) is 2.21. The van der Waals surface area contributed by atoms with Crippen LogP contribution in [0.4, 0.5) is 0 Å². The van der Waals surface area contributed by atoms with Crippen LogP contribution in [0.2, 0.25) is 0 Å². The van der Waals surface area contributed by atoms with Crippen LogP contribution < -0.4 is 5.11 Å². The van der Waals surface area contributed by atoms with E-state index in [1.54, 1.807) is 6.92 Å². The van der Waals surface area contributed by atoms with Gasteiger partial charge in [0.1, 0.15) is 17.0 Å². The van der Waals surface area contributed by atoms with Crippen molar-refractivity contribution in [2.24, 2.45) is 11.3 Å². The molecule has 2 unspecified atom stereocenters. The summed E-state index contributed by atoms with van der Waals surface area (Å²) in [7, 11) is 0. The maximum Gasteiger partial charge on any atom is 0.319 e. The number of carboxylic acid groups (broad SMARTS) is 1. The van der Waals surface area contributed by atoms with Crippen molar-refractivity contribution in [1.29, 1.82) is 0 Å². The Morgan fingerprint density at radius 3 is 2.50 bits per heavy atom. The number of aliphatic carboxylic acids is 1. The second kappa shape index (κ2) is 5.29. The van der Waals surface area contributed by atoms with E-state index in [9.17, 15) is 24.3 Å². The first-order valence-corrected chi connectivity index (χ1v) is 5.77. The molecule has 6 heteroatoms. The lowest BCUT2D eigenvalue weighted by Crippen LogP contribution is -2.50. The second-order valence-electron chi connectivity index (χ2n) is 4.40. The number of carbonyl (C=O) groups is 4. The average Bonchev–Trinajstić information content (AvgIpc) is 2.29. The molecule has 0 aromatic heterocycles. The summed E-state index contributed by atoms with van der Waals surface area (Å²) in [6, 6.07) is 0. The molecule has 1 aliphatic carbocycles. The number of carbonyl (C=O) groups excluding carboxylic acids is 4. The van der Waals surface area contributed by atoms with Crippen LogP contribution in [0.15, 0.2) is 0 Å². The normalized spacial score (nSPS) is 27.7. The Bertz CT molecular complexity index is 399. The smallest absolute Gasteiger partial charge is 0.319 e. The van der Waals surface area contributed by atoms with E-state index in [2.05, 4.69) is 0 Å². The summed E-state index contributed by atoms with van der Waals surface area (Å²) < 4.78 is 4.82. The molecule has 2 atom stereocenters. The highest BCUT2D eigenvalue weighted by molar-refractivity contribution is 6.07. The molecule has 100 valence electrons. The molecule has 1 saturated carbocycles. The Kier molecular flexibility index (Phi) is 4.21. The van der Waals surface area contributed by atoms with Crippen LogP contribution in [-0.2, 0) is 23.9 Å². The molecule has 1 aliphatic rings. The Morgan fingerprint density at radius 1 is 1.44 bits per heavy atom. The molecule has 1 rings (SSSR count). The lowest BCUT2D eigenvalue weighted by molar-refractivity contribution is -0.310. The summed E-state index contributed by atoms with van der Waals surface area (Å²) in [5.41, 5.74) is -1.52. The van der Waals surface area contributed by atoms with Crippen molar-refractivity contribution < 1.29 is 29.0 Å². The Hall–Kier alpha value is -1.72. The average molecular weight is 255 g/mol. The van der Waals surface area contributed by atoms with E-state index >= 15 is 0 Å². The minimum atomic E-state index is -1.55. The lowest BCUT2D eigenvalue weighted by Gasteiger charge is -2.36. The van der Waals surface area contributed by atoms with Gasteiger partial charge in [-0.15, -0.1) is 0 Å². The first-order valence-electron chi connectivity index (χ1n) is 5.77. The Balaban J connectivity index is 3.06. The van der Waals surface area contributed by atoms with Gasteiger partial charge in [-0.25, -0.2) is 0 Å². The van der Waals surface area contributed by atoms with Crippen LogP contribution in [0.25, 0.3) is 0 Å². The summed E-state index contributed by atoms with van der Waals surface area (Å²) in [6.07, 6.45) is -0.483. The molecule has 1 fully saturated rings. The number of ether oxygens (including phenoxy) is 1. The lowest BCUT2D eigenvalue weighted by atomic mass is 9.67. The van der Waals surface area contributed by atoms with Crippen molar-refractivity contribution in [1.82, 2.24) is 0 Å². The van der Waals surface area contributed by atoms with E-state index in [1.807, 2.05) is 0 Å². The van der Waals surface area contributed by atoms with E-state index in [-0.39, 0.29) is 25.9 Å². The van der Waals surface area contributed by atoms with Crippen molar-refractivity contribution in [2.75, 3.05) is 6.61 Å². The van der Waals surface area contributed by atoms with E-state index in [1.165, 1.54) is 6.92 Å². The van der Waals surface area contributed by atoms with Crippen molar-refractivity contribution in [3.8, 4) is 0 Å². The van der Waals surface area contributed by atoms with Crippen LogP contribution in [0.3, 0.4) is 0 Å². The Labute approximate surface area is 104 Å². The number of hydrogen-bond donors (Lipinski definition) is 0. The number of rotatable bonds is 4. The fraction of sp³-hybridized carbons (Fsp3) is 0.667. The Morgan fingerprint density at radius 2 is 2.06 bits per heavy atom. The molecule has 18 heavy (non-hydrogen) atoms. The van der Waals surface area contributed by atoms with Crippen LogP contribution in [0.5, 0.6) is 0 Å². The standard InChI is InChI=1S/C12H16O6/c1-3-18-11(17)12(7(2)13)5-4-9(14)8(6-12)10(15)16/h8H,3-6H2,1-2H3,(H,15,16)/p-1. The second-order valence-corrected chi connectivity index (χ2v) is 4.40. The van der Waals surface area contributed by atoms with E-state index in [0.717, 1.165) is 0 Å². The zero-order valence-electron chi connectivity index (χ0n) is 10.4. The highest BCUT2D eigenvalue weighted by Gasteiger charge is 2.50. The predicted octanol–water partition coefficient (Wildman–Crippen LogP) is -0.756. The number of ketones is 2. The van der Waals surface area contributed by atoms with Gasteiger partial charge in [0.05, 0.1) is 18.5 Å². The van der Waals surface area contributed by atoms with Gasteiger partial charge in [0, 0.05) is 6.42 Å². The molecule has 0 heterocycles. The first-order chi connectivity index (χ1) is 8.35. The van der Waals surface area contributed by atoms with E-state index in [4.69, 9.17) is 4.74 Å². The quantitative estimate of drug-likeness (QED) is 0.483. The van der Waals surface area contributed by atoms with Crippen molar-refractivity contribution in [3.63, 3.8) is 0 Å². The van der Waals surface area contributed by atoms with Gasteiger partial charge < -0.3 is 14.6 Å². The minimum Gasteiger partial charge on any atom is -0.549 e. The largest absolute Gasteiger partial charge is 0.549 e. The molecule has 0 aromatic rings. The molecule has 0 radical (unpaired) electrons. The van der Waals surface area contributed by atoms with Crippen LogP contribution in [0.1, 0.15) is 33.1 Å². The molecule has 0 spiro atoms.